The molecule has 2 nitrogen and oxygen atoms in total. The molecule has 1 aliphatic rings. The highest BCUT2D eigenvalue weighted by atomic mass is 32.1. The lowest BCUT2D eigenvalue weighted by Gasteiger charge is -2.15. The monoisotopic (exact) mass is 280 g/mol. The number of rotatable bonds is 2. The Morgan fingerprint density at radius 1 is 1.05 bits per heavy atom. The second-order valence-electron chi connectivity index (χ2n) is 4.36. The van der Waals surface area contributed by atoms with Crippen molar-refractivity contribution in [2.45, 2.75) is 0 Å². The van der Waals surface area contributed by atoms with Gasteiger partial charge in [0, 0.05) is 17.2 Å². The van der Waals surface area contributed by atoms with Crippen LogP contribution in [0.5, 0.6) is 11.5 Å². The van der Waals surface area contributed by atoms with E-state index in [4.69, 9.17) is 21.7 Å². The zero-order chi connectivity index (χ0) is 13.9. The van der Waals surface area contributed by atoms with Gasteiger partial charge in [-0.05, 0) is 36.5 Å². The minimum Gasteiger partial charge on any atom is -0.457 e. The molecule has 0 saturated carbocycles. The highest BCUT2D eigenvalue weighted by molar-refractivity contribution is 7.80. The summed E-state index contributed by atoms with van der Waals surface area (Å²) in [4.78, 5) is 0. The summed E-state index contributed by atoms with van der Waals surface area (Å²) in [6, 6.07) is 15.3. The van der Waals surface area contributed by atoms with E-state index < -0.39 is 0 Å². The molecule has 0 aromatic heterocycles. The summed E-state index contributed by atoms with van der Waals surface area (Å²) in [5, 5.41) is 0.440. The van der Waals surface area contributed by atoms with Crippen molar-refractivity contribution in [2.24, 2.45) is 0 Å². The molecule has 98 valence electrons. The molecule has 0 amide bonds. The quantitative estimate of drug-likeness (QED) is 0.761. The predicted octanol–water partition coefficient (Wildman–Crippen LogP) is 4.36. The summed E-state index contributed by atoms with van der Waals surface area (Å²) in [6.07, 6.45) is 3.79. The molecule has 0 bridgehead atoms. The van der Waals surface area contributed by atoms with Gasteiger partial charge in [-0.15, -0.1) is 0 Å². The van der Waals surface area contributed by atoms with Gasteiger partial charge in [0.2, 0.25) is 0 Å². The van der Waals surface area contributed by atoms with Gasteiger partial charge in [0.05, 0.1) is 0 Å². The van der Waals surface area contributed by atoms with E-state index in [1.54, 1.807) is 0 Å². The number of ether oxygens (including phenoxy) is 2. The molecule has 3 heteroatoms. The van der Waals surface area contributed by atoms with Crippen molar-refractivity contribution in [3.8, 4) is 11.5 Å². The van der Waals surface area contributed by atoms with Crippen molar-refractivity contribution >= 4 is 23.3 Å². The van der Waals surface area contributed by atoms with Gasteiger partial charge in [-0.25, -0.2) is 0 Å². The van der Waals surface area contributed by atoms with Crippen LogP contribution in [0.4, 0.5) is 0 Å². The molecule has 0 radical (unpaired) electrons. The van der Waals surface area contributed by atoms with Gasteiger partial charge in [-0.1, -0.05) is 36.9 Å². The minimum atomic E-state index is 0.440. The molecule has 1 aliphatic heterocycles. The summed E-state index contributed by atoms with van der Waals surface area (Å²) >= 11 is 5.29. The number of hydrogen-bond donors (Lipinski definition) is 0. The van der Waals surface area contributed by atoms with E-state index in [1.807, 2.05) is 60.7 Å². The van der Waals surface area contributed by atoms with Gasteiger partial charge in [0.15, 0.2) is 5.05 Å². The Hall–Kier alpha value is -2.39. The lowest BCUT2D eigenvalue weighted by Crippen LogP contribution is -2.07. The SMILES string of the molecule is C=C1C=Cc2ccc(OC(=S)c3ccccc3)cc2O1. The van der Waals surface area contributed by atoms with E-state index in [9.17, 15) is 0 Å². The van der Waals surface area contributed by atoms with E-state index in [2.05, 4.69) is 6.58 Å². The summed E-state index contributed by atoms with van der Waals surface area (Å²) in [6.45, 7) is 3.78. The van der Waals surface area contributed by atoms with E-state index in [-0.39, 0.29) is 0 Å². The number of allylic oxidation sites excluding steroid dienone is 1. The standard InChI is InChI=1S/C17H12O2S/c1-12-7-8-13-9-10-15(11-16(13)18-12)19-17(20)14-5-3-2-4-6-14/h2-11H,1H2. The smallest absolute Gasteiger partial charge is 0.198 e. The Labute approximate surface area is 123 Å². The number of fused-ring (bicyclic) bond motifs is 1. The lowest BCUT2D eigenvalue weighted by atomic mass is 10.1. The van der Waals surface area contributed by atoms with Crippen molar-refractivity contribution in [1.29, 1.82) is 0 Å². The fraction of sp³-hybridized carbons (Fsp3) is 0. The van der Waals surface area contributed by atoms with Crippen molar-refractivity contribution in [2.75, 3.05) is 0 Å². The first-order valence-electron chi connectivity index (χ1n) is 6.18. The van der Waals surface area contributed by atoms with E-state index >= 15 is 0 Å². The molecule has 1 heterocycles. The fourth-order valence-corrected chi connectivity index (χ4v) is 2.13. The summed E-state index contributed by atoms with van der Waals surface area (Å²) < 4.78 is 11.3. The van der Waals surface area contributed by atoms with Gasteiger partial charge in [-0.3, -0.25) is 0 Å². The first-order valence-corrected chi connectivity index (χ1v) is 6.59. The summed E-state index contributed by atoms with van der Waals surface area (Å²) in [5.74, 6) is 1.99. The molecule has 0 aliphatic carbocycles. The Morgan fingerprint density at radius 2 is 1.85 bits per heavy atom. The number of thiocarbonyl (C=S) groups is 1. The van der Waals surface area contributed by atoms with Crippen molar-refractivity contribution in [3.63, 3.8) is 0 Å². The molecule has 2 aromatic rings. The highest BCUT2D eigenvalue weighted by Gasteiger charge is 2.11. The number of benzene rings is 2. The third kappa shape index (κ3) is 2.63. The zero-order valence-corrected chi connectivity index (χ0v) is 11.5. The van der Waals surface area contributed by atoms with Crippen LogP contribution in [-0.2, 0) is 0 Å². The van der Waals surface area contributed by atoms with E-state index in [0.29, 0.717) is 16.6 Å². The summed E-state index contributed by atoms with van der Waals surface area (Å²) in [5.41, 5.74) is 1.88. The number of hydrogen-bond acceptors (Lipinski definition) is 3. The second kappa shape index (κ2) is 5.31. The van der Waals surface area contributed by atoms with Crippen LogP contribution in [-0.4, -0.2) is 5.05 Å². The maximum absolute atomic E-state index is 5.70. The maximum Gasteiger partial charge on any atom is 0.198 e. The van der Waals surface area contributed by atoms with Gasteiger partial charge in [-0.2, -0.15) is 0 Å². The van der Waals surface area contributed by atoms with Crippen LogP contribution in [0.15, 0.2) is 66.9 Å². The molecular formula is C17H12O2S. The zero-order valence-electron chi connectivity index (χ0n) is 10.7. The Balaban J connectivity index is 1.82. The molecule has 0 N–H and O–H groups in total. The molecule has 3 rings (SSSR count). The average molecular weight is 280 g/mol. The molecule has 0 saturated heterocycles. The Kier molecular flexibility index (Phi) is 3.35. The molecule has 0 spiro atoms. The molecular weight excluding hydrogens is 268 g/mol. The van der Waals surface area contributed by atoms with Crippen LogP contribution in [0, 0.1) is 0 Å². The van der Waals surface area contributed by atoms with Crippen LogP contribution in [0.1, 0.15) is 11.1 Å². The first kappa shape index (κ1) is 12.6. The topological polar surface area (TPSA) is 18.5 Å². The average Bonchev–Trinajstić information content (AvgIpc) is 2.47. The molecule has 0 fully saturated rings. The Morgan fingerprint density at radius 3 is 2.65 bits per heavy atom. The van der Waals surface area contributed by atoms with Crippen molar-refractivity contribution in [3.05, 3.63) is 78.1 Å². The third-order valence-corrected chi connectivity index (χ3v) is 3.21. The summed E-state index contributed by atoms with van der Waals surface area (Å²) in [7, 11) is 0. The predicted molar refractivity (Wildman–Crippen MR) is 84.0 cm³/mol. The lowest BCUT2D eigenvalue weighted by molar-refractivity contribution is 0.439. The van der Waals surface area contributed by atoms with Crippen molar-refractivity contribution in [1.82, 2.24) is 0 Å². The maximum atomic E-state index is 5.70. The van der Waals surface area contributed by atoms with E-state index in [1.165, 1.54) is 0 Å². The molecule has 0 unspecified atom stereocenters. The largest absolute Gasteiger partial charge is 0.457 e. The van der Waals surface area contributed by atoms with Gasteiger partial charge >= 0.3 is 0 Å². The fourth-order valence-electron chi connectivity index (χ4n) is 1.90. The van der Waals surface area contributed by atoms with Crippen LogP contribution < -0.4 is 9.47 Å². The minimum absolute atomic E-state index is 0.440. The van der Waals surface area contributed by atoms with Gasteiger partial charge < -0.3 is 9.47 Å². The van der Waals surface area contributed by atoms with Crippen molar-refractivity contribution < 1.29 is 9.47 Å². The third-order valence-electron chi connectivity index (χ3n) is 2.89. The first-order chi connectivity index (χ1) is 9.72. The molecule has 0 atom stereocenters. The Bertz CT molecular complexity index is 702. The van der Waals surface area contributed by atoms with E-state index in [0.717, 1.165) is 16.9 Å². The van der Waals surface area contributed by atoms with Gasteiger partial charge in [0.1, 0.15) is 17.3 Å². The van der Waals surface area contributed by atoms with Gasteiger partial charge in [0.25, 0.3) is 0 Å². The highest BCUT2D eigenvalue weighted by Crippen LogP contribution is 2.31. The van der Waals surface area contributed by atoms with Crippen LogP contribution >= 0.6 is 12.2 Å². The molecule has 20 heavy (non-hydrogen) atoms. The van der Waals surface area contributed by atoms with Crippen LogP contribution in [0.3, 0.4) is 0 Å². The normalized spacial score (nSPS) is 12.5. The molecule has 2 aromatic carbocycles. The van der Waals surface area contributed by atoms with Crippen LogP contribution in [0.2, 0.25) is 0 Å². The van der Waals surface area contributed by atoms with Crippen LogP contribution in [0.25, 0.3) is 6.08 Å². The second-order valence-corrected chi connectivity index (χ2v) is 4.73.